The number of fused-ring (bicyclic) bond motifs is 1. The smallest absolute Gasteiger partial charge is 0.188 e. The summed E-state index contributed by atoms with van der Waals surface area (Å²) in [5.74, 6) is 1.27. The van der Waals surface area contributed by atoms with Crippen LogP contribution in [0.3, 0.4) is 0 Å². The van der Waals surface area contributed by atoms with Gasteiger partial charge in [0.05, 0.1) is 25.8 Å². The van der Waals surface area contributed by atoms with Crippen LogP contribution in [0.5, 0.6) is 11.5 Å². The summed E-state index contributed by atoms with van der Waals surface area (Å²) >= 11 is 0. The highest BCUT2D eigenvalue weighted by Crippen LogP contribution is 2.32. The van der Waals surface area contributed by atoms with Gasteiger partial charge in [-0.1, -0.05) is 18.2 Å². The third-order valence-electron chi connectivity index (χ3n) is 4.44. The van der Waals surface area contributed by atoms with Crippen molar-refractivity contribution in [1.29, 1.82) is 0 Å². The lowest BCUT2D eigenvalue weighted by Crippen LogP contribution is -2.38. The maximum absolute atomic E-state index is 13.0. The van der Waals surface area contributed by atoms with E-state index in [1.54, 1.807) is 32.4 Å². The van der Waals surface area contributed by atoms with Gasteiger partial charge in [0.1, 0.15) is 11.5 Å². The first-order valence-corrected chi connectivity index (χ1v) is 7.76. The predicted octanol–water partition coefficient (Wildman–Crippen LogP) is 3.34. The molecule has 0 spiro atoms. The van der Waals surface area contributed by atoms with Gasteiger partial charge in [0.15, 0.2) is 5.78 Å². The number of carbonyl (C=O) groups excluding carboxylic acids is 1. The molecule has 0 aromatic heterocycles. The van der Waals surface area contributed by atoms with Crippen molar-refractivity contribution in [3.8, 4) is 11.5 Å². The maximum atomic E-state index is 13.0. The Kier molecular flexibility index (Phi) is 4.24. The van der Waals surface area contributed by atoms with Crippen molar-refractivity contribution in [3.63, 3.8) is 0 Å². The van der Waals surface area contributed by atoms with Gasteiger partial charge in [0, 0.05) is 12.2 Å². The van der Waals surface area contributed by atoms with Gasteiger partial charge in [-0.15, -0.1) is 0 Å². The summed E-state index contributed by atoms with van der Waals surface area (Å²) in [5.41, 5.74) is 3.00. The fraction of sp³-hybridized carbons (Fsp3) is 0.316. The van der Waals surface area contributed by atoms with Crippen molar-refractivity contribution in [2.24, 2.45) is 0 Å². The summed E-state index contributed by atoms with van der Waals surface area (Å²) < 4.78 is 10.6. The zero-order valence-corrected chi connectivity index (χ0v) is 13.7. The Morgan fingerprint density at radius 1 is 1.13 bits per heavy atom. The second-order valence-corrected chi connectivity index (χ2v) is 5.68. The van der Waals surface area contributed by atoms with Gasteiger partial charge >= 0.3 is 0 Å². The van der Waals surface area contributed by atoms with Crippen molar-refractivity contribution in [2.45, 2.75) is 19.4 Å². The second kappa shape index (κ2) is 6.32. The molecule has 23 heavy (non-hydrogen) atoms. The number of benzene rings is 2. The summed E-state index contributed by atoms with van der Waals surface area (Å²) in [6, 6.07) is 13.3. The van der Waals surface area contributed by atoms with Gasteiger partial charge < -0.3 is 14.4 Å². The summed E-state index contributed by atoms with van der Waals surface area (Å²) in [6.45, 7) is 2.81. The van der Waals surface area contributed by atoms with Crippen LogP contribution in [0.4, 0.5) is 5.69 Å². The van der Waals surface area contributed by atoms with Crippen molar-refractivity contribution in [1.82, 2.24) is 0 Å². The van der Waals surface area contributed by atoms with Crippen LogP contribution in [0.2, 0.25) is 0 Å². The van der Waals surface area contributed by atoms with Gasteiger partial charge in [-0.3, -0.25) is 4.79 Å². The molecule has 2 aromatic rings. The molecule has 1 unspecified atom stereocenters. The minimum Gasteiger partial charge on any atom is -0.497 e. The van der Waals surface area contributed by atoms with E-state index in [9.17, 15) is 4.79 Å². The van der Waals surface area contributed by atoms with E-state index in [0.717, 1.165) is 18.7 Å². The molecule has 0 N–H and O–H groups in total. The Morgan fingerprint density at radius 2 is 1.91 bits per heavy atom. The number of rotatable bonds is 5. The lowest BCUT2D eigenvalue weighted by Gasteiger charge is -2.26. The first kappa shape index (κ1) is 15.4. The minimum atomic E-state index is -0.250. The third kappa shape index (κ3) is 2.77. The van der Waals surface area contributed by atoms with Gasteiger partial charge in [-0.2, -0.15) is 0 Å². The number of carbonyl (C=O) groups is 1. The summed E-state index contributed by atoms with van der Waals surface area (Å²) in [4.78, 5) is 15.2. The number of para-hydroxylation sites is 1. The largest absolute Gasteiger partial charge is 0.497 e. The van der Waals surface area contributed by atoms with Gasteiger partial charge in [-0.05, 0) is 43.2 Å². The number of ketones is 1. The lowest BCUT2D eigenvalue weighted by atomic mass is 10.0. The Hall–Kier alpha value is -2.49. The van der Waals surface area contributed by atoms with E-state index in [-0.39, 0.29) is 11.8 Å². The highest BCUT2D eigenvalue weighted by molar-refractivity contribution is 6.04. The Balaban J connectivity index is 1.92. The SMILES string of the molecule is COc1ccc(OC)c(C(=O)C(C)N2CCc3ccccc32)c1. The second-order valence-electron chi connectivity index (χ2n) is 5.68. The predicted molar refractivity (Wildman–Crippen MR) is 90.8 cm³/mol. The number of hydrogen-bond donors (Lipinski definition) is 0. The Labute approximate surface area is 136 Å². The number of methoxy groups -OCH3 is 2. The molecule has 120 valence electrons. The maximum Gasteiger partial charge on any atom is 0.188 e. The number of hydrogen-bond acceptors (Lipinski definition) is 4. The van der Waals surface area contributed by atoms with Crippen LogP contribution in [0.15, 0.2) is 42.5 Å². The molecule has 0 bridgehead atoms. The van der Waals surface area contributed by atoms with Crippen LogP contribution < -0.4 is 14.4 Å². The molecule has 0 radical (unpaired) electrons. The van der Waals surface area contributed by atoms with Crippen LogP contribution in [0.1, 0.15) is 22.8 Å². The summed E-state index contributed by atoms with van der Waals surface area (Å²) in [5, 5.41) is 0. The lowest BCUT2D eigenvalue weighted by molar-refractivity contribution is 0.0961. The molecule has 0 aliphatic carbocycles. The number of Topliss-reactive ketones (excluding diaryl/α,β-unsaturated/α-hetero) is 1. The first-order valence-electron chi connectivity index (χ1n) is 7.76. The fourth-order valence-electron chi connectivity index (χ4n) is 3.14. The Bertz CT molecular complexity index is 726. The normalized spacial score (nSPS) is 14.3. The molecule has 1 heterocycles. The average Bonchev–Trinajstić information content (AvgIpc) is 3.04. The molecule has 4 nitrogen and oxygen atoms in total. The molecule has 2 aromatic carbocycles. The molecule has 1 aliphatic rings. The first-order chi connectivity index (χ1) is 11.2. The van der Waals surface area contributed by atoms with E-state index in [2.05, 4.69) is 17.0 Å². The van der Waals surface area contributed by atoms with Crippen LogP contribution in [0.25, 0.3) is 0 Å². The number of nitrogens with zero attached hydrogens (tertiary/aromatic N) is 1. The monoisotopic (exact) mass is 311 g/mol. The molecule has 0 saturated heterocycles. The molecular weight excluding hydrogens is 290 g/mol. The van der Waals surface area contributed by atoms with Crippen LogP contribution in [-0.4, -0.2) is 32.6 Å². The topological polar surface area (TPSA) is 38.8 Å². The van der Waals surface area contributed by atoms with E-state index in [4.69, 9.17) is 9.47 Å². The fourth-order valence-corrected chi connectivity index (χ4v) is 3.14. The average molecular weight is 311 g/mol. The van der Waals surface area contributed by atoms with Crippen molar-refractivity contribution >= 4 is 11.5 Å². The number of ether oxygens (including phenoxy) is 2. The van der Waals surface area contributed by atoms with E-state index in [1.165, 1.54) is 5.56 Å². The minimum absolute atomic E-state index is 0.0393. The summed E-state index contributed by atoms with van der Waals surface area (Å²) in [7, 11) is 3.17. The third-order valence-corrected chi connectivity index (χ3v) is 4.44. The molecule has 4 heteroatoms. The molecule has 0 fully saturated rings. The van der Waals surface area contributed by atoms with Gasteiger partial charge in [0.2, 0.25) is 0 Å². The number of anilines is 1. The van der Waals surface area contributed by atoms with Crippen molar-refractivity contribution < 1.29 is 14.3 Å². The van der Waals surface area contributed by atoms with Crippen LogP contribution >= 0.6 is 0 Å². The van der Waals surface area contributed by atoms with E-state index >= 15 is 0 Å². The van der Waals surface area contributed by atoms with E-state index in [0.29, 0.717) is 17.1 Å². The van der Waals surface area contributed by atoms with Crippen molar-refractivity contribution in [2.75, 3.05) is 25.7 Å². The Morgan fingerprint density at radius 3 is 2.65 bits per heavy atom. The zero-order chi connectivity index (χ0) is 16.4. The van der Waals surface area contributed by atoms with Crippen LogP contribution in [0, 0.1) is 0 Å². The highest BCUT2D eigenvalue weighted by Gasteiger charge is 2.29. The quantitative estimate of drug-likeness (QED) is 0.794. The highest BCUT2D eigenvalue weighted by atomic mass is 16.5. The zero-order valence-electron chi connectivity index (χ0n) is 13.7. The standard InChI is InChI=1S/C19H21NO3/c1-13(20-11-10-14-6-4-5-7-17(14)20)19(21)16-12-15(22-2)8-9-18(16)23-3/h4-9,12-13H,10-11H2,1-3H3. The molecule has 0 saturated carbocycles. The molecule has 0 amide bonds. The van der Waals surface area contributed by atoms with Crippen LogP contribution in [-0.2, 0) is 6.42 Å². The van der Waals surface area contributed by atoms with Gasteiger partial charge in [-0.25, -0.2) is 0 Å². The molecule has 3 rings (SSSR count). The van der Waals surface area contributed by atoms with Crippen molar-refractivity contribution in [3.05, 3.63) is 53.6 Å². The molecule has 1 aliphatic heterocycles. The summed E-state index contributed by atoms with van der Waals surface area (Å²) in [6.07, 6.45) is 0.975. The van der Waals surface area contributed by atoms with Gasteiger partial charge in [0.25, 0.3) is 0 Å². The molecular formula is C19H21NO3. The van der Waals surface area contributed by atoms with E-state index in [1.807, 2.05) is 19.1 Å². The van der Waals surface area contributed by atoms with E-state index < -0.39 is 0 Å². The molecule has 1 atom stereocenters.